The summed E-state index contributed by atoms with van der Waals surface area (Å²) in [6.45, 7) is 4.57. The quantitative estimate of drug-likeness (QED) is 0.802. The Balaban J connectivity index is 2.13. The smallest absolute Gasteiger partial charge is 0.0832 e. The van der Waals surface area contributed by atoms with Gasteiger partial charge >= 0.3 is 0 Å². The maximum Gasteiger partial charge on any atom is 0.0832 e. The lowest BCUT2D eigenvalue weighted by atomic mass is 9.73. The topological polar surface area (TPSA) is 20.2 Å². The number of benzene rings is 1. The molecule has 1 aromatic rings. The summed E-state index contributed by atoms with van der Waals surface area (Å²) in [6, 6.07) is 5.34. The van der Waals surface area contributed by atoms with Crippen LogP contribution in [0.25, 0.3) is 0 Å². The fourth-order valence-electron chi connectivity index (χ4n) is 2.87. The Hall–Kier alpha value is -0.240. The van der Waals surface area contributed by atoms with Crippen LogP contribution in [0, 0.1) is 17.8 Å². The van der Waals surface area contributed by atoms with Crippen molar-refractivity contribution in [3.05, 3.63) is 33.8 Å². The zero-order valence-corrected chi connectivity index (χ0v) is 12.4. The summed E-state index contributed by atoms with van der Waals surface area (Å²) < 4.78 is 0. The summed E-state index contributed by atoms with van der Waals surface area (Å²) in [5.41, 5.74) is 0.813. The molecule has 18 heavy (non-hydrogen) atoms. The fourth-order valence-corrected chi connectivity index (χ4v) is 3.39. The molecule has 1 N–H and O–H groups in total. The Morgan fingerprint density at radius 3 is 2.50 bits per heavy atom. The summed E-state index contributed by atoms with van der Waals surface area (Å²) in [5.74, 6) is 1.74. The van der Waals surface area contributed by atoms with Gasteiger partial charge in [0.25, 0.3) is 0 Å². The van der Waals surface area contributed by atoms with Crippen LogP contribution in [-0.2, 0) is 0 Å². The Labute approximate surface area is 119 Å². The lowest BCUT2D eigenvalue weighted by molar-refractivity contribution is 0.0562. The van der Waals surface area contributed by atoms with E-state index in [1.54, 1.807) is 12.1 Å². The van der Waals surface area contributed by atoms with E-state index in [1.165, 1.54) is 6.42 Å². The van der Waals surface area contributed by atoms with Gasteiger partial charge in [-0.05, 0) is 48.3 Å². The standard InChI is InChI=1S/C15H20Cl2O/c1-9-3-4-11(7-10(9)2)15(18)13-6-5-12(16)8-14(13)17/h5-6,8-11,15,18H,3-4,7H2,1-2H3. The first-order chi connectivity index (χ1) is 8.49. The SMILES string of the molecule is CC1CCC(C(O)c2ccc(Cl)cc2Cl)CC1C. The zero-order valence-electron chi connectivity index (χ0n) is 10.9. The van der Waals surface area contributed by atoms with Crippen LogP contribution in [-0.4, -0.2) is 5.11 Å². The van der Waals surface area contributed by atoms with Crippen molar-refractivity contribution < 1.29 is 5.11 Å². The maximum atomic E-state index is 10.5. The largest absolute Gasteiger partial charge is 0.388 e. The van der Waals surface area contributed by atoms with Crippen molar-refractivity contribution in [1.29, 1.82) is 0 Å². The maximum absolute atomic E-state index is 10.5. The van der Waals surface area contributed by atoms with Crippen LogP contribution in [0.1, 0.15) is 44.8 Å². The third-order valence-electron chi connectivity index (χ3n) is 4.37. The molecule has 100 valence electrons. The van der Waals surface area contributed by atoms with Crippen LogP contribution in [0.5, 0.6) is 0 Å². The third-order valence-corrected chi connectivity index (χ3v) is 4.93. The first kappa shape index (κ1) is 14.2. The first-order valence-electron chi connectivity index (χ1n) is 6.62. The molecule has 1 fully saturated rings. The van der Waals surface area contributed by atoms with Gasteiger partial charge in [0.05, 0.1) is 6.10 Å². The molecule has 3 heteroatoms. The van der Waals surface area contributed by atoms with Gasteiger partial charge in [-0.1, -0.05) is 49.5 Å². The predicted molar refractivity (Wildman–Crippen MR) is 77.1 cm³/mol. The highest BCUT2D eigenvalue weighted by Crippen LogP contribution is 2.41. The van der Waals surface area contributed by atoms with E-state index in [4.69, 9.17) is 23.2 Å². The zero-order chi connectivity index (χ0) is 13.3. The van der Waals surface area contributed by atoms with E-state index in [9.17, 15) is 5.11 Å². The van der Waals surface area contributed by atoms with Crippen molar-refractivity contribution in [2.24, 2.45) is 17.8 Å². The van der Waals surface area contributed by atoms with Crippen molar-refractivity contribution in [3.8, 4) is 0 Å². The third kappa shape index (κ3) is 3.01. The molecule has 4 atom stereocenters. The number of hydrogen-bond donors (Lipinski definition) is 1. The minimum Gasteiger partial charge on any atom is -0.388 e. The van der Waals surface area contributed by atoms with Crippen LogP contribution in [0.4, 0.5) is 0 Å². The van der Waals surface area contributed by atoms with Gasteiger partial charge in [0.2, 0.25) is 0 Å². The van der Waals surface area contributed by atoms with Crippen LogP contribution in [0.3, 0.4) is 0 Å². The highest BCUT2D eigenvalue weighted by molar-refractivity contribution is 6.35. The van der Waals surface area contributed by atoms with Crippen molar-refractivity contribution >= 4 is 23.2 Å². The van der Waals surface area contributed by atoms with Crippen LogP contribution >= 0.6 is 23.2 Å². The molecule has 0 amide bonds. The first-order valence-corrected chi connectivity index (χ1v) is 7.37. The lowest BCUT2D eigenvalue weighted by Crippen LogP contribution is -2.25. The van der Waals surface area contributed by atoms with Crippen molar-refractivity contribution in [1.82, 2.24) is 0 Å². The molecule has 0 aromatic heterocycles. The van der Waals surface area contributed by atoms with Crippen molar-refractivity contribution in [3.63, 3.8) is 0 Å². The van der Waals surface area contributed by atoms with E-state index >= 15 is 0 Å². The normalized spacial score (nSPS) is 30.2. The van der Waals surface area contributed by atoms with Gasteiger partial charge in [0.1, 0.15) is 0 Å². The summed E-state index contributed by atoms with van der Waals surface area (Å²) in [4.78, 5) is 0. The molecule has 0 radical (unpaired) electrons. The second kappa shape index (κ2) is 5.81. The number of halogens is 2. The highest BCUT2D eigenvalue weighted by atomic mass is 35.5. The fraction of sp³-hybridized carbons (Fsp3) is 0.600. The van der Waals surface area contributed by atoms with E-state index in [0.29, 0.717) is 21.9 Å². The molecule has 4 unspecified atom stereocenters. The average Bonchev–Trinajstić information content (AvgIpc) is 2.32. The Morgan fingerprint density at radius 1 is 1.17 bits per heavy atom. The number of aliphatic hydroxyl groups is 1. The predicted octanol–water partition coefficient (Wildman–Crippen LogP) is 5.10. The monoisotopic (exact) mass is 286 g/mol. The molecular formula is C15H20Cl2O. The molecule has 1 aliphatic carbocycles. The van der Waals surface area contributed by atoms with Crippen molar-refractivity contribution in [2.45, 2.75) is 39.2 Å². The number of rotatable bonds is 2. The molecule has 0 heterocycles. The molecule has 1 nitrogen and oxygen atoms in total. The number of aliphatic hydroxyl groups excluding tert-OH is 1. The van der Waals surface area contributed by atoms with Crippen LogP contribution < -0.4 is 0 Å². The van der Waals surface area contributed by atoms with Gasteiger partial charge in [0.15, 0.2) is 0 Å². The summed E-state index contributed by atoms with van der Waals surface area (Å²) in [5, 5.41) is 11.7. The van der Waals surface area contributed by atoms with E-state index < -0.39 is 6.10 Å². The molecule has 1 aliphatic rings. The highest BCUT2D eigenvalue weighted by Gasteiger charge is 2.30. The van der Waals surface area contributed by atoms with Gasteiger partial charge in [-0.25, -0.2) is 0 Å². The summed E-state index contributed by atoms with van der Waals surface area (Å²) in [7, 11) is 0. The minimum absolute atomic E-state index is 0.315. The van der Waals surface area contributed by atoms with E-state index in [2.05, 4.69) is 13.8 Å². The lowest BCUT2D eigenvalue weighted by Gasteiger charge is -2.35. The van der Waals surface area contributed by atoms with E-state index in [1.807, 2.05) is 6.07 Å². The van der Waals surface area contributed by atoms with E-state index in [-0.39, 0.29) is 0 Å². The second-order valence-electron chi connectivity index (χ2n) is 5.64. The van der Waals surface area contributed by atoms with Gasteiger partial charge in [-0.15, -0.1) is 0 Å². The van der Waals surface area contributed by atoms with Crippen LogP contribution in [0.15, 0.2) is 18.2 Å². The molecule has 0 saturated heterocycles. The van der Waals surface area contributed by atoms with Crippen molar-refractivity contribution in [2.75, 3.05) is 0 Å². The summed E-state index contributed by atoms with van der Waals surface area (Å²) in [6.07, 6.45) is 2.87. The minimum atomic E-state index is -0.468. The van der Waals surface area contributed by atoms with Gasteiger partial charge in [-0.2, -0.15) is 0 Å². The summed E-state index contributed by atoms with van der Waals surface area (Å²) >= 11 is 12.0. The second-order valence-corrected chi connectivity index (χ2v) is 6.48. The molecule has 2 rings (SSSR count). The molecule has 1 saturated carbocycles. The molecule has 0 bridgehead atoms. The average molecular weight is 287 g/mol. The van der Waals surface area contributed by atoms with Gasteiger partial charge in [0, 0.05) is 10.0 Å². The van der Waals surface area contributed by atoms with Gasteiger partial charge < -0.3 is 5.11 Å². The van der Waals surface area contributed by atoms with Gasteiger partial charge in [-0.3, -0.25) is 0 Å². The molecule has 0 aliphatic heterocycles. The Bertz CT molecular complexity index is 419. The Kier molecular flexibility index (Phi) is 4.58. The number of hydrogen-bond acceptors (Lipinski definition) is 1. The van der Waals surface area contributed by atoms with E-state index in [0.717, 1.165) is 24.3 Å². The molecule has 0 spiro atoms. The van der Waals surface area contributed by atoms with Crippen LogP contribution in [0.2, 0.25) is 10.0 Å². The Morgan fingerprint density at radius 2 is 1.89 bits per heavy atom. The molecule has 1 aromatic carbocycles. The molecular weight excluding hydrogens is 267 g/mol.